The van der Waals surface area contributed by atoms with Gasteiger partial charge in [-0.05, 0) is 24.3 Å². The molecule has 0 unspecified atom stereocenters. The minimum Gasteiger partial charge on any atom is -0.493 e. The van der Waals surface area contributed by atoms with Gasteiger partial charge in [0.1, 0.15) is 11.4 Å². The van der Waals surface area contributed by atoms with Crippen molar-refractivity contribution in [3.63, 3.8) is 0 Å². The van der Waals surface area contributed by atoms with Crippen molar-refractivity contribution in [2.45, 2.75) is 0 Å². The molecular formula is C17H16N4O5. The van der Waals surface area contributed by atoms with E-state index >= 15 is 0 Å². The van der Waals surface area contributed by atoms with Crippen molar-refractivity contribution in [1.82, 2.24) is 15.1 Å². The number of rotatable bonds is 6. The maximum Gasteiger partial charge on any atom is 0.276 e. The van der Waals surface area contributed by atoms with Crippen molar-refractivity contribution < 1.29 is 23.5 Å². The van der Waals surface area contributed by atoms with Gasteiger partial charge >= 0.3 is 0 Å². The molecule has 0 saturated heterocycles. The van der Waals surface area contributed by atoms with Crippen LogP contribution in [0.15, 0.2) is 34.9 Å². The van der Waals surface area contributed by atoms with Gasteiger partial charge in [-0.3, -0.25) is 4.79 Å². The number of benzene rings is 1. The quantitative estimate of drug-likeness (QED) is 0.711. The van der Waals surface area contributed by atoms with Crippen LogP contribution in [0.3, 0.4) is 0 Å². The highest BCUT2D eigenvalue weighted by Crippen LogP contribution is 2.40. The van der Waals surface area contributed by atoms with Crippen LogP contribution in [0.2, 0.25) is 0 Å². The Labute approximate surface area is 148 Å². The standard InChI is InChI=1S/C17H16N4O5/c1-23-12-7-9(8-13(24-2)14(12)25-3)16-20-17(26-21-16)11-6-4-5-10(19-11)15(18)22/h4-8H,1-3H3,(H2,18,22). The highest BCUT2D eigenvalue weighted by atomic mass is 16.5. The molecule has 2 aromatic heterocycles. The first kappa shape index (κ1) is 17.2. The summed E-state index contributed by atoms with van der Waals surface area (Å²) in [4.78, 5) is 19.7. The first-order chi connectivity index (χ1) is 12.6. The second kappa shape index (κ2) is 7.09. The van der Waals surface area contributed by atoms with E-state index < -0.39 is 5.91 Å². The highest BCUT2D eigenvalue weighted by molar-refractivity contribution is 5.91. The molecule has 3 aromatic rings. The number of nitrogens with two attached hydrogens (primary N) is 1. The first-order valence-electron chi connectivity index (χ1n) is 7.48. The number of methoxy groups -OCH3 is 3. The molecule has 0 atom stereocenters. The largest absolute Gasteiger partial charge is 0.493 e. The van der Waals surface area contributed by atoms with Gasteiger partial charge in [0, 0.05) is 5.56 Å². The zero-order chi connectivity index (χ0) is 18.7. The molecule has 0 spiro atoms. The van der Waals surface area contributed by atoms with Crippen molar-refractivity contribution in [1.29, 1.82) is 0 Å². The summed E-state index contributed by atoms with van der Waals surface area (Å²) in [5, 5.41) is 3.95. The van der Waals surface area contributed by atoms with Crippen LogP contribution in [0.4, 0.5) is 0 Å². The first-order valence-corrected chi connectivity index (χ1v) is 7.48. The number of amides is 1. The van der Waals surface area contributed by atoms with E-state index in [0.29, 0.717) is 34.3 Å². The maximum absolute atomic E-state index is 11.3. The molecule has 0 aliphatic carbocycles. The van der Waals surface area contributed by atoms with Crippen LogP contribution in [0.25, 0.3) is 23.0 Å². The third kappa shape index (κ3) is 3.14. The molecule has 0 aliphatic rings. The van der Waals surface area contributed by atoms with Gasteiger partial charge in [-0.25, -0.2) is 4.98 Å². The van der Waals surface area contributed by atoms with E-state index in [9.17, 15) is 4.79 Å². The molecule has 0 aliphatic heterocycles. The molecule has 26 heavy (non-hydrogen) atoms. The summed E-state index contributed by atoms with van der Waals surface area (Å²) in [6.45, 7) is 0. The number of ether oxygens (including phenoxy) is 3. The SMILES string of the molecule is COc1cc(-c2noc(-c3cccc(C(N)=O)n3)n2)cc(OC)c1OC. The predicted octanol–water partition coefficient (Wildman–Crippen LogP) is 1.92. The van der Waals surface area contributed by atoms with Gasteiger partial charge in [0.15, 0.2) is 11.5 Å². The van der Waals surface area contributed by atoms with E-state index in [2.05, 4.69) is 15.1 Å². The molecule has 134 valence electrons. The fraction of sp³-hybridized carbons (Fsp3) is 0.176. The predicted molar refractivity (Wildman–Crippen MR) is 91.1 cm³/mol. The Morgan fingerprint density at radius 3 is 2.31 bits per heavy atom. The zero-order valence-corrected chi connectivity index (χ0v) is 14.3. The van der Waals surface area contributed by atoms with Crippen LogP contribution < -0.4 is 19.9 Å². The summed E-state index contributed by atoms with van der Waals surface area (Å²) >= 11 is 0. The molecule has 0 fully saturated rings. The normalized spacial score (nSPS) is 10.4. The van der Waals surface area contributed by atoms with E-state index in [1.54, 1.807) is 24.3 Å². The van der Waals surface area contributed by atoms with Crippen LogP contribution >= 0.6 is 0 Å². The molecular weight excluding hydrogens is 340 g/mol. The molecule has 0 bridgehead atoms. The number of hydrogen-bond acceptors (Lipinski definition) is 8. The lowest BCUT2D eigenvalue weighted by atomic mass is 10.1. The molecule has 0 radical (unpaired) electrons. The van der Waals surface area contributed by atoms with Crippen LogP contribution in [0, 0.1) is 0 Å². The molecule has 9 heteroatoms. The Morgan fingerprint density at radius 1 is 1.04 bits per heavy atom. The molecule has 3 rings (SSSR count). The monoisotopic (exact) mass is 356 g/mol. The van der Waals surface area contributed by atoms with Gasteiger partial charge in [-0.15, -0.1) is 0 Å². The lowest BCUT2D eigenvalue weighted by Gasteiger charge is -2.12. The smallest absolute Gasteiger partial charge is 0.276 e. The summed E-state index contributed by atoms with van der Waals surface area (Å²) < 4.78 is 21.2. The van der Waals surface area contributed by atoms with Gasteiger partial charge in [0.05, 0.1) is 21.3 Å². The van der Waals surface area contributed by atoms with Crippen molar-refractivity contribution in [3.05, 3.63) is 36.0 Å². The average Bonchev–Trinajstić information content (AvgIpc) is 3.17. The van der Waals surface area contributed by atoms with Crippen molar-refractivity contribution >= 4 is 5.91 Å². The summed E-state index contributed by atoms with van der Waals surface area (Å²) in [5.74, 6) is 1.18. The molecule has 0 saturated carbocycles. The number of primary amides is 1. The Kier molecular flexibility index (Phi) is 4.70. The number of carbonyl (C=O) groups is 1. The topological polar surface area (TPSA) is 123 Å². The summed E-state index contributed by atoms with van der Waals surface area (Å²) in [7, 11) is 4.55. The molecule has 1 aromatic carbocycles. The fourth-order valence-electron chi connectivity index (χ4n) is 2.35. The lowest BCUT2D eigenvalue weighted by molar-refractivity contribution is 0.0995. The average molecular weight is 356 g/mol. The fourth-order valence-corrected chi connectivity index (χ4v) is 2.35. The third-order valence-corrected chi connectivity index (χ3v) is 3.57. The van der Waals surface area contributed by atoms with Crippen LogP contribution in [0.5, 0.6) is 17.2 Å². The van der Waals surface area contributed by atoms with Crippen molar-refractivity contribution in [3.8, 4) is 40.2 Å². The minimum atomic E-state index is -0.642. The second-order valence-electron chi connectivity index (χ2n) is 5.11. The number of aromatic nitrogens is 3. The van der Waals surface area contributed by atoms with Crippen LogP contribution in [-0.2, 0) is 0 Å². The Morgan fingerprint density at radius 2 is 1.73 bits per heavy atom. The van der Waals surface area contributed by atoms with E-state index in [1.165, 1.54) is 27.4 Å². The van der Waals surface area contributed by atoms with E-state index in [4.69, 9.17) is 24.5 Å². The molecule has 1 amide bonds. The Balaban J connectivity index is 2.02. The van der Waals surface area contributed by atoms with Crippen molar-refractivity contribution in [2.24, 2.45) is 5.73 Å². The molecule has 9 nitrogen and oxygen atoms in total. The highest BCUT2D eigenvalue weighted by Gasteiger charge is 2.18. The van der Waals surface area contributed by atoms with Gasteiger partial charge < -0.3 is 24.5 Å². The third-order valence-electron chi connectivity index (χ3n) is 3.57. The second-order valence-corrected chi connectivity index (χ2v) is 5.11. The van der Waals surface area contributed by atoms with Crippen LogP contribution in [0.1, 0.15) is 10.5 Å². The van der Waals surface area contributed by atoms with E-state index in [-0.39, 0.29) is 11.6 Å². The van der Waals surface area contributed by atoms with Crippen molar-refractivity contribution in [2.75, 3.05) is 21.3 Å². The van der Waals surface area contributed by atoms with E-state index in [0.717, 1.165) is 0 Å². The van der Waals surface area contributed by atoms with Gasteiger partial charge in [0.2, 0.25) is 11.6 Å². The Bertz CT molecular complexity index is 929. The summed E-state index contributed by atoms with van der Waals surface area (Å²) in [6, 6.07) is 8.17. The van der Waals surface area contributed by atoms with Gasteiger partial charge in [-0.2, -0.15) is 4.98 Å². The number of pyridine rings is 1. The lowest BCUT2D eigenvalue weighted by Crippen LogP contribution is -2.13. The Hall–Kier alpha value is -3.62. The maximum atomic E-state index is 11.3. The van der Waals surface area contributed by atoms with Gasteiger partial charge in [-0.1, -0.05) is 11.2 Å². The number of nitrogens with zero attached hydrogens (tertiary/aromatic N) is 3. The molecule has 2 N–H and O–H groups in total. The number of carbonyl (C=O) groups excluding carboxylic acids is 1. The van der Waals surface area contributed by atoms with E-state index in [1.807, 2.05) is 0 Å². The summed E-state index contributed by atoms with van der Waals surface area (Å²) in [5.41, 5.74) is 6.29. The van der Waals surface area contributed by atoms with Gasteiger partial charge in [0.25, 0.3) is 11.8 Å². The summed E-state index contributed by atoms with van der Waals surface area (Å²) in [6.07, 6.45) is 0. The zero-order valence-electron chi connectivity index (χ0n) is 14.3. The number of hydrogen-bond donors (Lipinski definition) is 1. The van der Waals surface area contributed by atoms with Crippen LogP contribution in [-0.4, -0.2) is 42.4 Å². The molecule has 2 heterocycles. The minimum absolute atomic E-state index is 0.107.